The van der Waals surface area contributed by atoms with Crippen molar-refractivity contribution < 1.29 is 23.9 Å². The van der Waals surface area contributed by atoms with Crippen molar-refractivity contribution in [3.8, 4) is 0 Å². The number of nitrogens with zero attached hydrogens (tertiary/aromatic N) is 1. The van der Waals surface area contributed by atoms with Crippen molar-refractivity contribution in [1.82, 2.24) is 4.90 Å². The van der Waals surface area contributed by atoms with Gasteiger partial charge < -0.3 is 10.1 Å². The van der Waals surface area contributed by atoms with E-state index in [4.69, 9.17) is 16.3 Å². The molecule has 0 aromatic heterocycles. The quantitative estimate of drug-likeness (QED) is 0.220. The van der Waals surface area contributed by atoms with Crippen LogP contribution >= 0.6 is 11.6 Å². The van der Waals surface area contributed by atoms with Gasteiger partial charge in [-0.25, -0.2) is 0 Å². The Balaban J connectivity index is 1.00. The minimum Gasteiger partial charge on any atom is -0.456 e. The fraction of sp³-hybridized carbons (Fsp3) is 0.312. The molecule has 204 valence electrons. The van der Waals surface area contributed by atoms with Gasteiger partial charge in [0.1, 0.15) is 0 Å². The zero-order valence-electron chi connectivity index (χ0n) is 21.8. The Hall–Kier alpha value is -3.97. The molecule has 7 nitrogen and oxygen atoms in total. The summed E-state index contributed by atoms with van der Waals surface area (Å²) in [7, 11) is 0. The number of imide groups is 1. The van der Waals surface area contributed by atoms with E-state index in [1.165, 1.54) is 4.90 Å². The predicted octanol–water partition coefficient (Wildman–Crippen LogP) is 5.27. The van der Waals surface area contributed by atoms with E-state index >= 15 is 0 Å². The van der Waals surface area contributed by atoms with Gasteiger partial charge in [-0.15, -0.1) is 0 Å². The van der Waals surface area contributed by atoms with Crippen LogP contribution in [-0.2, 0) is 23.9 Å². The second-order valence-electron chi connectivity index (χ2n) is 10.6. The highest BCUT2D eigenvalue weighted by Gasteiger charge is 2.61. The summed E-state index contributed by atoms with van der Waals surface area (Å²) in [5, 5.41) is 3.12. The number of benzene rings is 3. The van der Waals surface area contributed by atoms with Crippen LogP contribution in [0.3, 0.4) is 0 Å². The van der Waals surface area contributed by atoms with Gasteiger partial charge in [-0.2, -0.15) is 0 Å². The molecule has 3 aromatic carbocycles. The average molecular weight is 557 g/mol. The number of rotatable bonds is 9. The van der Waals surface area contributed by atoms with Gasteiger partial charge in [-0.3, -0.25) is 24.1 Å². The standard InChI is InChI=1S/C32H29ClN2O5/c33-19-9-8-10-20(17-19)34-25(36)18-40-26(37)15-2-1-7-16-35-31(38)29-27-21-11-3-4-12-22(21)28(30(29)32(35)39)24-14-6-5-13-23(24)27/h3-6,8-14,17,27-30H,1-2,7,15-16,18H2,(H,34,36)/t27?,28?,29-,30-/m0/s1. The van der Waals surface area contributed by atoms with Crippen LogP contribution in [0.5, 0.6) is 0 Å². The Kier molecular flexibility index (Phi) is 7.15. The Morgan fingerprint density at radius 2 is 1.35 bits per heavy atom. The third kappa shape index (κ3) is 4.68. The topological polar surface area (TPSA) is 92.8 Å². The first-order valence-electron chi connectivity index (χ1n) is 13.7. The molecule has 0 radical (unpaired) electrons. The molecule has 8 heteroatoms. The maximum atomic E-state index is 13.6. The number of likely N-dealkylation sites (tertiary alicyclic amines) is 1. The van der Waals surface area contributed by atoms with E-state index in [9.17, 15) is 19.2 Å². The van der Waals surface area contributed by atoms with Crippen LogP contribution in [-0.4, -0.2) is 41.7 Å². The first-order chi connectivity index (χ1) is 19.4. The Labute approximate surface area is 237 Å². The molecule has 4 aliphatic rings. The fourth-order valence-electron chi connectivity index (χ4n) is 6.66. The lowest BCUT2D eigenvalue weighted by Gasteiger charge is -2.45. The zero-order chi connectivity index (χ0) is 27.8. The van der Waals surface area contributed by atoms with Crippen LogP contribution < -0.4 is 5.32 Å². The normalized spacial score (nSPS) is 22.0. The second-order valence-corrected chi connectivity index (χ2v) is 11.1. The van der Waals surface area contributed by atoms with E-state index in [0.717, 1.165) is 22.3 Å². The average Bonchev–Trinajstić information content (AvgIpc) is 3.21. The molecule has 1 heterocycles. The van der Waals surface area contributed by atoms with Crippen LogP contribution in [0.4, 0.5) is 5.69 Å². The monoisotopic (exact) mass is 556 g/mol. The van der Waals surface area contributed by atoms with Gasteiger partial charge in [0.15, 0.2) is 6.61 Å². The number of hydrogen-bond acceptors (Lipinski definition) is 5. The number of esters is 1. The van der Waals surface area contributed by atoms with Crippen molar-refractivity contribution in [2.24, 2.45) is 11.8 Å². The summed E-state index contributed by atoms with van der Waals surface area (Å²) in [5.41, 5.74) is 5.18. The Bertz CT molecular complexity index is 1390. The fourth-order valence-corrected chi connectivity index (χ4v) is 6.85. The molecular weight excluding hydrogens is 528 g/mol. The van der Waals surface area contributed by atoms with Crippen molar-refractivity contribution in [3.05, 3.63) is 100 Å². The molecule has 3 aromatic rings. The highest BCUT2D eigenvalue weighted by molar-refractivity contribution is 6.30. The summed E-state index contributed by atoms with van der Waals surface area (Å²) >= 11 is 5.90. The summed E-state index contributed by atoms with van der Waals surface area (Å²) in [6.07, 6.45) is 1.96. The van der Waals surface area contributed by atoms with Gasteiger partial charge >= 0.3 is 5.97 Å². The Morgan fingerprint density at radius 1 is 0.775 bits per heavy atom. The third-order valence-electron chi connectivity index (χ3n) is 8.28. The number of amides is 3. The molecule has 1 saturated heterocycles. The first-order valence-corrected chi connectivity index (χ1v) is 14.1. The largest absolute Gasteiger partial charge is 0.456 e. The molecule has 2 atom stereocenters. The summed E-state index contributed by atoms with van der Waals surface area (Å²) in [5.74, 6) is -2.01. The summed E-state index contributed by atoms with van der Waals surface area (Å²) in [4.78, 5) is 52.8. The smallest absolute Gasteiger partial charge is 0.306 e. The van der Waals surface area contributed by atoms with Crippen LogP contribution in [0.2, 0.25) is 5.02 Å². The number of hydrogen-bond donors (Lipinski definition) is 1. The zero-order valence-corrected chi connectivity index (χ0v) is 22.6. The van der Waals surface area contributed by atoms with Crippen molar-refractivity contribution in [2.45, 2.75) is 37.5 Å². The lowest BCUT2D eigenvalue weighted by Crippen LogP contribution is -2.41. The molecule has 1 fully saturated rings. The third-order valence-corrected chi connectivity index (χ3v) is 8.51. The highest BCUT2D eigenvalue weighted by atomic mass is 35.5. The van der Waals surface area contributed by atoms with Crippen molar-refractivity contribution in [1.29, 1.82) is 0 Å². The van der Waals surface area contributed by atoms with Gasteiger partial charge in [0.2, 0.25) is 11.8 Å². The molecule has 7 rings (SSSR count). The minimum absolute atomic E-state index is 0.0841. The van der Waals surface area contributed by atoms with Gasteiger partial charge in [-0.05, 0) is 53.3 Å². The van der Waals surface area contributed by atoms with Gasteiger partial charge in [0.05, 0.1) is 11.8 Å². The first kappa shape index (κ1) is 26.3. The minimum atomic E-state index is -0.465. The van der Waals surface area contributed by atoms with Crippen LogP contribution in [0, 0.1) is 11.8 Å². The lowest BCUT2D eigenvalue weighted by molar-refractivity contribution is -0.147. The number of halogens is 1. The molecule has 0 spiro atoms. The molecular formula is C32H29ClN2O5. The number of carbonyl (C=O) groups is 4. The van der Waals surface area contributed by atoms with Gasteiger partial charge in [0, 0.05) is 35.5 Å². The number of anilines is 1. The van der Waals surface area contributed by atoms with E-state index in [1.54, 1.807) is 24.3 Å². The van der Waals surface area contributed by atoms with Crippen LogP contribution in [0.15, 0.2) is 72.8 Å². The molecule has 3 aliphatic carbocycles. The molecule has 1 aliphatic heterocycles. The summed E-state index contributed by atoms with van der Waals surface area (Å²) < 4.78 is 5.07. The maximum Gasteiger partial charge on any atom is 0.306 e. The SMILES string of the molecule is O=C(COC(=O)CCCCCN1C(=O)[C@H]2C3c4ccccc4C(c4ccccc43)[C@@H]2C1=O)Nc1cccc(Cl)c1. The molecule has 40 heavy (non-hydrogen) atoms. The number of ether oxygens (including phenoxy) is 1. The molecule has 0 unspecified atom stereocenters. The number of carbonyl (C=O) groups excluding carboxylic acids is 4. The molecule has 0 saturated carbocycles. The van der Waals surface area contributed by atoms with E-state index in [2.05, 4.69) is 29.6 Å². The maximum absolute atomic E-state index is 13.6. The summed E-state index contributed by atoms with van der Waals surface area (Å²) in [6, 6.07) is 23.1. The van der Waals surface area contributed by atoms with E-state index in [0.29, 0.717) is 36.5 Å². The van der Waals surface area contributed by atoms with Crippen molar-refractivity contribution in [3.63, 3.8) is 0 Å². The Morgan fingerprint density at radius 3 is 1.90 bits per heavy atom. The summed E-state index contributed by atoms with van der Waals surface area (Å²) in [6.45, 7) is -0.0358. The second kappa shape index (κ2) is 10.9. The van der Waals surface area contributed by atoms with Crippen LogP contribution in [0.25, 0.3) is 0 Å². The number of unbranched alkanes of at least 4 members (excludes halogenated alkanes) is 2. The lowest BCUT2D eigenvalue weighted by atomic mass is 9.55. The molecule has 1 N–H and O–H groups in total. The van der Waals surface area contributed by atoms with Crippen molar-refractivity contribution in [2.75, 3.05) is 18.5 Å². The van der Waals surface area contributed by atoms with Crippen LogP contribution in [0.1, 0.15) is 59.8 Å². The van der Waals surface area contributed by atoms with Crippen molar-refractivity contribution >= 4 is 41.0 Å². The highest BCUT2D eigenvalue weighted by Crippen LogP contribution is 2.60. The van der Waals surface area contributed by atoms with Gasteiger partial charge in [0.25, 0.3) is 5.91 Å². The van der Waals surface area contributed by atoms with E-state index < -0.39 is 11.9 Å². The predicted molar refractivity (Wildman–Crippen MR) is 150 cm³/mol. The molecule has 3 amide bonds. The van der Waals surface area contributed by atoms with E-state index in [1.807, 2.05) is 24.3 Å². The number of nitrogens with one attached hydrogen (secondary N) is 1. The van der Waals surface area contributed by atoms with E-state index in [-0.39, 0.29) is 48.5 Å². The molecule has 2 bridgehead atoms. The van der Waals surface area contributed by atoms with Gasteiger partial charge in [-0.1, -0.05) is 72.6 Å².